The quantitative estimate of drug-likeness (QED) is 0.482. The highest BCUT2D eigenvalue weighted by Crippen LogP contribution is 2.26. The lowest BCUT2D eigenvalue weighted by atomic mass is 10.0. The molecule has 0 saturated carbocycles. The van der Waals surface area contributed by atoms with Crippen molar-refractivity contribution in [2.24, 2.45) is 0 Å². The van der Waals surface area contributed by atoms with E-state index in [1.807, 2.05) is 30.3 Å². The lowest BCUT2D eigenvalue weighted by Crippen LogP contribution is -2.12. The van der Waals surface area contributed by atoms with Crippen LogP contribution >= 0.6 is 0 Å². The maximum Gasteiger partial charge on any atom is 0.255 e. The highest BCUT2D eigenvalue weighted by Gasteiger charge is 2.10. The molecule has 0 aliphatic rings. The van der Waals surface area contributed by atoms with Gasteiger partial charge >= 0.3 is 0 Å². The molecule has 4 aromatic rings. The van der Waals surface area contributed by atoms with E-state index in [-0.39, 0.29) is 11.3 Å². The summed E-state index contributed by atoms with van der Waals surface area (Å²) in [6.45, 7) is 4.28. The van der Waals surface area contributed by atoms with Gasteiger partial charge in [0.2, 0.25) is 0 Å². The van der Waals surface area contributed by atoms with Gasteiger partial charge in [-0.15, -0.1) is 0 Å². The number of carbonyl (C=O) groups excluding carboxylic acids is 1. The van der Waals surface area contributed by atoms with Crippen molar-refractivity contribution >= 4 is 22.6 Å². The molecule has 0 unspecified atom stereocenters. The zero-order valence-corrected chi connectivity index (χ0v) is 16.3. The summed E-state index contributed by atoms with van der Waals surface area (Å²) in [6.07, 6.45) is 0. The van der Waals surface area contributed by atoms with Crippen molar-refractivity contribution in [3.63, 3.8) is 0 Å². The van der Waals surface area contributed by atoms with Crippen LogP contribution in [-0.2, 0) is 0 Å². The number of carbonyl (C=O) groups is 1. The third-order valence-corrected chi connectivity index (χ3v) is 4.88. The Kier molecular flexibility index (Phi) is 5.00. The molecule has 3 aromatic carbocycles. The molecule has 0 saturated heterocycles. The number of hydrogen-bond donors (Lipinski definition) is 1. The third kappa shape index (κ3) is 3.97. The molecule has 4 nitrogen and oxygen atoms in total. The number of amides is 1. The monoisotopic (exact) mass is 383 g/mol. The maximum absolute atomic E-state index is 12.7. The van der Waals surface area contributed by atoms with E-state index in [4.69, 9.17) is 4.42 Å². The molecule has 0 bridgehead atoms. The van der Waals surface area contributed by atoms with Gasteiger partial charge in [-0.3, -0.25) is 9.59 Å². The van der Waals surface area contributed by atoms with E-state index < -0.39 is 0 Å². The number of anilines is 1. The van der Waals surface area contributed by atoms with E-state index in [2.05, 4.69) is 19.2 Å². The minimum Gasteiger partial charge on any atom is -0.456 e. The average molecular weight is 383 g/mol. The van der Waals surface area contributed by atoms with Crippen LogP contribution in [0, 0.1) is 0 Å². The minimum atomic E-state index is -0.226. The second-order valence-electron chi connectivity index (χ2n) is 7.28. The summed E-state index contributed by atoms with van der Waals surface area (Å²) in [5.74, 6) is 0.743. The Balaban J connectivity index is 1.65. The number of nitrogens with one attached hydrogen (secondary N) is 1. The molecule has 0 fully saturated rings. The summed E-state index contributed by atoms with van der Waals surface area (Å²) >= 11 is 0. The molecule has 0 atom stereocenters. The van der Waals surface area contributed by atoms with Gasteiger partial charge < -0.3 is 9.73 Å². The van der Waals surface area contributed by atoms with Crippen LogP contribution in [-0.4, -0.2) is 5.91 Å². The average Bonchev–Trinajstić information content (AvgIpc) is 2.74. The third-order valence-electron chi connectivity index (χ3n) is 4.88. The molecule has 0 aliphatic carbocycles. The van der Waals surface area contributed by atoms with Gasteiger partial charge in [-0.1, -0.05) is 56.3 Å². The van der Waals surface area contributed by atoms with Crippen LogP contribution in [0.25, 0.3) is 22.3 Å². The fourth-order valence-electron chi connectivity index (χ4n) is 3.20. The Morgan fingerprint density at radius 2 is 1.62 bits per heavy atom. The van der Waals surface area contributed by atoms with Crippen molar-refractivity contribution < 1.29 is 9.21 Å². The Morgan fingerprint density at radius 3 is 2.31 bits per heavy atom. The SMILES string of the molecule is CC(C)c1ccc(-c2cc(=O)c3cc(NC(=O)c4ccccc4)ccc3o2)cc1. The summed E-state index contributed by atoms with van der Waals surface area (Å²) in [5.41, 5.74) is 3.53. The van der Waals surface area contributed by atoms with Crippen LogP contribution in [0.2, 0.25) is 0 Å². The van der Waals surface area contributed by atoms with Gasteiger partial charge in [0.05, 0.1) is 5.39 Å². The van der Waals surface area contributed by atoms with Gasteiger partial charge in [0, 0.05) is 22.9 Å². The normalized spacial score (nSPS) is 11.0. The Hall–Kier alpha value is -3.66. The van der Waals surface area contributed by atoms with Crippen molar-refractivity contribution in [1.29, 1.82) is 0 Å². The molecule has 4 heteroatoms. The standard InChI is InChI=1S/C25H21NO3/c1-16(2)17-8-10-18(11-9-17)24-15-22(27)21-14-20(12-13-23(21)29-24)26-25(28)19-6-4-3-5-7-19/h3-16H,1-2H3,(H,26,28). The van der Waals surface area contributed by atoms with E-state index in [1.165, 1.54) is 11.6 Å². The Morgan fingerprint density at radius 1 is 0.897 bits per heavy atom. The second kappa shape index (κ2) is 7.76. The molecule has 1 N–H and O–H groups in total. The Bertz CT molecular complexity index is 1220. The molecule has 144 valence electrons. The van der Waals surface area contributed by atoms with Crippen LogP contribution < -0.4 is 10.7 Å². The maximum atomic E-state index is 12.7. The van der Waals surface area contributed by atoms with Crippen LogP contribution in [0.1, 0.15) is 35.7 Å². The lowest BCUT2D eigenvalue weighted by molar-refractivity contribution is 0.102. The molecule has 0 spiro atoms. The fourth-order valence-corrected chi connectivity index (χ4v) is 3.20. The van der Waals surface area contributed by atoms with Crippen molar-refractivity contribution in [2.75, 3.05) is 5.32 Å². The highest BCUT2D eigenvalue weighted by atomic mass is 16.3. The van der Waals surface area contributed by atoms with E-state index in [9.17, 15) is 9.59 Å². The van der Waals surface area contributed by atoms with E-state index in [0.717, 1.165) is 5.56 Å². The van der Waals surface area contributed by atoms with Gasteiger partial charge in [0.25, 0.3) is 5.91 Å². The van der Waals surface area contributed by atoms with Crippen molar-refractivity contribution in [2.45, 2.75) is 19.8 Å². The van der Waals surface area contributed by atoms with Crippen LogP contribution in [0.4, 0.5) is 5.69 Å². The van der Waals surface area contributed by atoms with Gasteiger partial charge in [0.15, 0.2) is 5.43 Å². The number of hydrogen-bond acceptors (Lipinski definition) is 3. The largest absolute Gasteiger partial charge is 0.456 e. The molecule has 4 rings (SSSR count). The van der Waals surface area contributed by atoms with E-state index >= 15 is 0 Å². The molecule has 1 heterocycles. The number of benzene rings is 3. The summed E-state index contributed by atoms with van der Waals surface area (Å²) in [6, 6.07) is 23.6. The zero-order chi connectivity index (χ0) is 20.4. The number of rotatable bonds is 4. The van der Waals surface area contributed by atoms with Crippen LogP contribution in [0.15, 0.2) is 88.1 Å². The molecule has 1 amide bonds. The summed E-state index contributed by atoms with van der Waals surface area (Å²) in [5, 5.41) is 3.25. The van der Waals surface area contributed by atoms with E-state index in [1.54, 1.807) is 42.5 Å². The van der Waals surface area contributed by atoms with Gasteiger partial charge in [-0.05, 0) is 41.8 Å². The van der Waals surface area contributed by atoms with Crippen molar-refractivity contribution in [3.05, 3.63) is 100 Å². The smallest absolute Gasteiger partial charge is 0.255 e. The second-order valence-corrected chi connectivity index (χ2v) is 7.28. The zero-order valence-electron chi connectivity index (χ0n) is 16.3. The highest BCUT2D eigenvalue weighted by molar-refractivity contribution is 6.05. The first-order chi connectivity index (χ1) is 14.0. The first kappa shape index (κ1) is 18.7. The Labute approximate surface area is 168 Å². The molecule has 1 aromatic heterocycles. The predicted molar refractivity (Wildman–Crippen MR) is 116 cm³/mol. The van der Waals surface area contributed by atoms with Crippen molar-refractivity contribution in [3.8, 4) is 11.3 Å². The lowest BCUT2D eigenvalue weighted by Gasteiger charge is -2.09. The molecule has 0 aliphatic heterocycles. The summed E-state index contributed by atoms with van der Waals surface area (Å²) < 4.78 is 5.96. The van der Waals surface area contributed by atoms with Gasteiger partial charge in [-0.2, -0.15) is 0 Å². The van der Waals surface area contributed by atoms with Crippen molar-refractivity contribution in [1.82, 2.24) is 0 Å². The minimum absolute atomic E-state index is 0.148. The fraction of sp³-hybridized carbons (Fsp3) is 0.120. The topological polar surface area (TPSA) is 59.3 Å². The number of fused-ring (bicyclic) bond motifs is 1. The van der Waals surface area contributed by atoms with E-state index in [0.29, 0.717) is 33.9 Å². The molecule has 29 heavy (non-hydrogen) atoms. The predicted octanol–water partition coefficient (Wildman–Crippen LogP) is 5.84. The first-order valence-corrected chi connectivity index (χ1v) is 9.56. The molecular weight excluding hydrogens is 362 g/mol. The van der Waals surface area contributed by atoms with Gasteiger partial charge in [-0.25, -0.2) is 0 Å². The van der Waals surface area contributed by atoms with Crippen LogP contribution in [0.3, 0.4) is 0 Å². The molecular formula is C25H21NO3. The van der Waals surface area contributed by atoms with Gasteiger partial charge in [0.1, 0.15) is 11.3 Å². The summed E-state index contributed by atoms with van der Waals surface area (Å²) in [7, 11) is 0. The van der Waals surface area contributed by atoms with Crippen LogP contribution in [0.5, 0.6) is 0 Å². The summed E-state index contributed by atoms with van der Waals surface area (Å²) in [4.78, 5) is 25.0. The molecule has 0 radical (unpaired) electrons. The first-order valence-electron chi connectivity index (χ1n) is 9.56.